The molecule has 16 heavy (non-hydrogen) atoms. The Labute approximate surface area is 102 Å². The monoisotopic (exact) mass is 239 g/mol. The van der Waals surface area contributed by atoms with E-state index in [4.69, 9.17) is 5.73 Å². The Morgan fingerprint density at radius 3 is 2.81 bits per heavy atom. The Balaban J connectivity index is 2.71. The second kappa shape index (κ2) is 6.53. The molecule has 1 heterocycles. The van der Waals surface area contributed by atoms with Crippen molar-refractivity contribution < 1.29 is 0 Å². The Bertz CT molecular complexity index is 317. The summed E-state index contributed by atoms with van der Waals surface area (Å²) >= 11 is 1.74. The number of nitrogens with one attached hydrogen (secondary N) is 1. The van der Waals surface area contributed by atoms with Crippen LogP contribution in [0.25, 0.3) is 0 Å². The minimum Gasteiger partial charge on any atom is -0.370 e. The van der Waals surface area contributed by atoms with E-state index in [0.29, 0.717) is 12.0 Å². The second-order valence-electron chi connectivity index (χ2n) is 4.13. The molecule has 4 heteroatoms. The Morgan fingerprint density at radius 2 is 2.31 bits per heavy atom. The van der Waals surface area contributed by atoms with Gasteiger partial charge < -0.3 is 11.1 Å². The van der Waals surface area contributed by atoms with E-state index >= 15 is 0 Å². The minimum absolute atomic E-state index is 0.205. The lowest BCUT2D eigenvalue weighted by molar-refractivity contribution is 0.637. The summed E-state index contributed by atoms with van der Waals surface area (Å²) in [5.74, 6) is 0.543. The maximum absolute atomic E-state index is 5.86. The number of hydrogen-bond acceptors (Lipinski definition) is 2. The first-order valence-corrected chi connectivity index (χ1v) is 6.64. The maximum atomic E-state index is 5.86. The van der Waals surface area contributed by atoms with Crippen molar-refractivity contribution in [2.75, 3.05) is 0 Å². The first-order valence-electron chi connectivity index (χ1n) is 5.76. The van der Waals surface area contributed by atoms with Crippen molar-refractivity contribution in [2.24, 2.45) is 10.7 Å². The molecule has 0 bridgehead atoms. The summed E-state index contributed by atoms with van der Waals surface area (Å²) in [6, 6.07) is 4.71. The molecule has 1 atom stereocenters. The van der Waals surface area contributed by atoms with Crippen LogP contribution in [0.5, 0.6) is 0 Å². The van der Waals surface area contributed by atoms with Crippen LogP contribution in [0.1, 0.15) is 44.5 Å². The summed E-state index contributed by atoms with van der Waals surface area (Å²) in [5.41, 5.74) is 5.86. The summed E-state index contributed by atoms with van der Waals surface area (Å²) in [6.45, 7) is 6.28. The van der Waals surface area contributed by atoms with Gasteiger partial charge in [-0.2, -0.15) is 0 Å². The first-order chi connectivity index (χ1) is 7.63. The third-order valence-corrected chi connectivity index (χ3v) is 3.14. The first kappa shape index (κ1) is 13.0. The molecule has 0 aromatic carbocycles. The molecule has 0 aliphatic carbocycles. The summed E-state index contributed by atoms with van der Waals surface area (Å²) in [6.07, 6.45) is 2.15. The number of thiophene rings is 1. The van der Waals surface area contributed by atoms with Crippen LogP contribution in [-0.4, -0.2) is 12.0 Å². The average Bonchev–Trinajstić information content (AvgIpc) is 2.68. The largest absolute Gasteiger partial charge is 0.370 e. The van der Waals surface area contributed by atoms with Crippen molar-refractivity contribution >= 4 is 17.3 Å². The van der Waals surface area contributed by atoms with Gasteiger partial charge in [-0.15, -0.1) is 11.3 Å². The highest BCUT2D eigenvalue weighted by atomic mass is 32.1. The molecule has 1 unspecified atom stereocenters. The van der Waals surface area contributed by atoms with Gasteiger partial charge in [0.15, 0.2) is 5.96 Å². The maximum Gasteiger partial charge on any atom is 0.189 e. The smallest absolute Gasteiger partial charge is 0.189 e. The van der Waals surface area contributed by atoms with E-state index in [-0.39, 0.29) is 6.04 Å². The van der Waals surface area contributed by atoms with Crippen LogP contribution in [0.15, 0.2) is 22.5 Å². The highest BCUT2D eigenvalue weighted by molar-refractivity contribution is 7.10. The van der Waals surface area contributed by atoms with Gasteiger partial charge in [-0.1, -0.05) is 19.4 Å². The van der Waals surface area contributed by atoms with Gasteiger partial charge >= 0.3 is 0 Å². The van der Waals surface area contributed by atoms with Gasteiger partial charge in [-0.3, -0.25) is 0 Å². The van der Waals surface area contributed by atoms with Crippen molar-refractivity contribution in [1.82, 2.24) is 5.32 Å². The van der Waals surface area contributed by atoms with Crippen LogP contribution in [0.4, 0.5) is 0 Å². The molecule has 0 amide bonds. The number of nitrogens with zero attached hydrogens (tertiary/aromatic N) is 1. The second-order valence-corrected chi connectivity index (χ2v) is 5.11. The lowest BCUT2D eigenvalue weighted by Gasteiger charge is -2.13. The Hall–Kier alpha value is -1.03. The number of aliphatic imine (C=N–C) groups is 1. The van der Waals surface area contributed by atoms with Gasteiger partial charge in [0.2, 0.25) is 0 Å². The van der Waals surface area contributed by atoms with Crippen LogP contribution in [0.3, 0.4) is 0 Å². The van der Waals surface area contributed by atoms with E-state index in [1.165, 1.54) is 4.88 Å². The molecule has 0 radical (unpaired) electrons. The molecule has 90 valence electrons. The zero-order valence-electron chi connectivity index (χ0n) is 10.2. The summed E-state index contributed by atoms with van der Waals surface area (Å²) in [4.78, 5) is 5.83. The molecular weight excluding hydrogens is 218 g/mol. The topological polar surface area (TPSA) is 50.4 Å². The van der Waals surface area contributed by atoms with Crippen LogP contribution >= 0.6 is 11.3 Å². The summed E-state index contributed by atoms with van der Waals surface area (Å²) in [7, 11) is 0. The summed E-state index contributed by atoms with van der Waals surface area (Å²) < 4.78 is 0. The zero-order chi connectivity index (χ0) is 12.0. The molecule has 3 N–H and O–H groups in total. The van der Waals surface area contributed by atoms with E-state index in [9.17, 15) is 0 Å². The zero-order valence-corrected chi connectivity index (χ0v) is 11.1. The standard InChI is InChI=1S/C12H21N3S/c1-4-6-10(11-7-5-8-16-11)15-12(13)14-9(2)3/h5,7-10H,4,6H2,1-3H3,(H3,13,14,15). The number of nitrogens with two attached hydrogens (primary N) is 1. The molecule has 1 aromatic heterocycles. The van der Waals surface area contributed by atoms with Crippen molar-refractivity contribution in [3.8, 4) is 0 Å². The molecule has 1 aromatic rings. The number of hydrogen-bond donors (Lipinski definition) is 2. The van der Waals surface area contributed by atoms with Gasteiger partial charge in [-0.25, -0.2) is 4.99 Å². The van der Waals surface area contributed by atoms with Gasteiger partial charge in [0.05, 0.1) is 6.04 Å². The molecule has 0 spiro atoms. The van der Waals surface area contributed by atoms with Gasteiger partial charge in [0.1, 0.15) is 0 Å². The van der Waals surface area contributed by atoms with Crippen LogP contribution in [-0.2, 0) is 0 Å². The highest BCUT2D eigenvalue weighted by Gasteiger charge is 2.10. The quantitative estimate of drug-likeness (QED) is 0.613. The van der Waals surface area contributed by atoms with Crippen molar-refractivity contribution in [3.63, 3.8) is 0 Å². The third kappa shape index (κ3) is 4.23. The van der Waals surface area contributed by atoms with E-state index < -0.39 is 0 Å². The normalized spacial score (nSPS) is 14.1. The fraction of sp³-hybridized carbons (Fsp3) is 0.583. The molecule has 1 rings (SSSR count). The van der Waals surface area contributed by atoms with E-state index in [1.807, 2.05) is 0 Å². The van der Waals surface area contributed by atoms with Crippen LogP contribution in [0, 0.1) is 0 Å². The van der Waals surface area contributed by atoms with E-state index in [1.54, 1.807) is 11.3 Å². The molecule has 0 saturated carbocycles. The van der Waals surface area contributed by atoms with Crippen LogP contribution < -0.4 is 11.1 Å². The molecule has 0 aliphatic heterocycles. The Kier molecular flexibility index (Phi) is 5.32. The fourth-order valence-corrected chi connectivity index (χ4v) is 2.32. The molecule has 3 nitrogen and oxygen atoms in total. The molecule has 0 fully saturated rings. The predicted molar refractivity (Wildman–Crippen MR) is 71.9 cm³/mol. The Morgan fingerprint density at radius 1 is 1.56 bits per heavy atom. The minimum atomic E-state index is 0.205. The van der Waals surface area contributed by atoms with Gasteiger partial charge in [0, 0.05) is 10.9 Å². The lowest BCUT2D eigenvalue weighted by Crippen LogP contribution is -2.37. The lowest BCUT2D eigenvalue weighted by atomic mass is 10.1. The average molecular weight is 239 g/mol. The third-order valence-electron chi connectivity index (χ3n) is 2.17. The van der Waals surface area contributed by atoms with Crippen LogP contribution in [0.2, 0.25) is 0 Å². The summed E-state index contributed by atoms with van der Waals surface area (Å²) in [5, 5.41) is 5.21. The predicted octanol–water partition coefficient (Wildman–Crippen LogP) is 2.90. The van der Waals surface area contributed by atoms with E-state index in [0.717, 1.165) is 12.8 Å². The fourth-order valence-electron chi connectivity index (χ4n) is 1.53. The van der Waals surface area contributed by atoms with Crippen molar-refractivity contribution in [1.29, 1.82) is 0 Å². The van der Waals surface area contributed by atoms with Crippen molar-refractivity contribution in [3.05, 3.63) is 22.4 Å². The SMILES string of the molecule is CCCC(N=C(N)NC(C)C)c1cccs1. The van der Waals surface area contributed by atoms with Gasteiger partial charge in [-0.05, 0) is 31.7 Å². The van der Waals surface area contributed by atoms with E-state index in [2.05, 4.69) is 48.6 Å². The number of guanidine groups is 1. The van der Waals surface area contributed by atoms with Crippen molar-refractivity contribution in [2.45, 2.75) is 45.7 Å². The molecule has 0 saturated heterocycles. The number of rotatable bonds is 5. The van der Waals surface area contributed by atoms with Gasteiger partial charge in [0.25, 0.3) is 0 Å². The highest BCUT2D eigenvalue weighted by Crippen LogP contribution is 2.26. The molecular formula is C12H21N3S. The molecule has 0 aliphatic rings.